The number of aryl methyl sites for hydroxylation is 2. The van der Waals surface area contributed by atoms with Crippen molar-refractivity contribution < 1.29 is 14.3 Å². The highest BCUT2D eigenvalue weighted by molar-refractivity contribution is 5.74. The number of carboxylic acid groups (broad SMARTS) is 1. The fourth-order valence-corrected chi connectivity index (χ4v) is 1.59. The molecule has 0 spiro atoms. The van der Waals surface area contributed by atoms with Crippen LogP contribution in [0.2, 0.25) is 0 Å². The summed E-state index contributed by atoms with van der Waals surface area (Å²) in [7, 11) is 0. The highest BCUT2D eigenvalue weighted by Gasteiger charge is 2.10. The van der Waals surface area contributed by atoms with E-state index in [0.29, 0.717) is 11.1 Å². The third kappa shape index (κ3) is 1.84. The van der Waals surface area contributed by atoms with E-state index in [0.717, 1.165) is 5.56 Å². The Bertz CT molecular complexity index is 594. The lowest BCUT2D eigenvalue weighted by Gasteiger charge is -1.99. The third-order valence-electron chi connectivity index (χ3n) is 2.37. The van der Waals surface area contributed by atoms with Gasteiger partial charge in [-0.05, 0) is 24.6 Å². The summed E-state index contributed by atoms with van der Waals surface area (Å²) in [6.07, 6.45) is -0.0948. The van der Waals surface area contributed by atoms with Crippen molar-refractivity contribution in [1.82, 2.24) is 4.57 Å². The first-order chi connectivity index (χ1) is 7.58. The van der Waals surface area contributed by atoms with Crippen molar-refractivity contribution in [3.63, 3.8) is 0 Å². The van der Waals surface area contributed by atoms with Crippen molar-refractivity contribution >= 4 is 17.1 Å². The van der Waals surface area contributed by atoms with Gasteiger partial charge in [0.2, 0.25) is 0 Å². The minimum atomic E-state index is -0.936. The molecule has 0 atom stereocenters. The van der Waals surface area contributed by atoms with Crippen molar-refractivity contribution in [2.24, 2.45) is 0 Å². The van der Waals surface area contributed by atoms with E-state index in [9.17, 15) is 9.59 Å². The maximum absolute atomic E-state index is 11.5. The van der Waals surface area contributed by atoms with Crippen LogP contribution in [0.3, 0.4) is 0 Å². The van der Waals surface area contributed by atoms with Gasteiger partial charge >= 0.3 is 11.7 Å². The van der Waals surface area contributed by atoms with Crippen LogP contribution in [0.15, 0.2) is 27.4 Å². The van der Waals surface area contributed by atoms with Crippen molar-refractivity contribution in [2.45, 2.75) is 19.9 Å². The van der Waals surface area contributed by atoms with Gasteiger partial charge in [-0.2, -0.15) is 0 Å². The van der Waals surface area contributed by atoms with Gasteiger partial charge < -0.3 is 9.52 Å². The van der Waals surface area contributed by atoms with E-state index >= 15 is 0 Å². The maximum atomic E-state index is 11.5. The van der Waals surface area contributed by atoms with Crippen molar-refractivity contribution in [3.05, 3.63) is 34.3 Å². The molecule has 84 valence electrons. The Morgan fingerprint density at radius 1 is 1.50 bits per heavy atom. The van der Waals surface area contributed by atoms with Crippen LogP contribution in [-0.2, 0) is 11.3 Å². The fraction of sp³-hybridized carbons (Fsp3) is 0.273. The van der Waals surface area contributed by atoms with Crippen molar-refractivity contribution in [1.29, 1.82) is 0 Å². The van der Waals surface area contributed by atoms with Crippen LogP contribution in [0.4, 0.5) is 0 Å². The molecule has 0 fully saturated rings. The zero-order valence-electron chi connectivity index (χ0n) is 8.77. The Morgan fingerprint density at radius 3 is 2.94 bits per heavy atom. The van der Waals surface area contributed by atoms with E-state index in [4.69, 9.17) is 9.52 Å². The second kappa shape index (κ2) is 3.84. The average Bonchev–Trinajstić information content (AvgIpc) is 2.51. The molecule has 0 bridgehead atoms. The summed E-state index contributed by atoms with van der Waals surface area (Å²) in [6.45, 7) is 2.03. The number of oxazole rings is 1. The molecule has 5 nitrogen and oxygen atoms in total. The highest BCUT2D eigenvalue weighted by atomic mass is 16.4. The van der Waals surface area contributed by atoms with Crippen LogP contribution in [-0.4, -0.2) is 15.6 Å². The lowest BCUT2D eigenvalue weighted by atomic mass is 10.2. The molecule has 1 N–H and O–H groups in total. The van der Waals surface area contributed by atoms with Gasteiger partial charge in [0.15, 0.2) is 5.58 Å². The monoisotopic (exact) mass is 221 g/mol. The van der Waals surface area contributed by atoms with Crippen molar-refractivity contribution in [3.8, 4) is 0 Å². The van der Waals surface area contributed by atoms with Gasteiger partial charge in [0.25, 0.3) is 0 Å². The van der Waals surface area contributed by atoms with Crippen LogP contribution in [0.5, 0.6) is 0 Å². The molecule has 0 saturated carbocycles. The summed E-state index contributed by atoms with van der Waals surface area (Å²) < 4.78 is 6.34. The first-order valence-corrected chi connectivity index (χ1v) is 4.90. The zero-order valence-corrected chi connectivity index (χ0v) is 8.77. The quantitative estimate of drug-likeness (QED) is 0.849. The molecule has 0 aliphatic carbocycles. The summed E-state index contributed by atoms with van der Waals surface area (Å²) in [4.78, 5) is 21.9. The summed E-state index contributed by atoms with van der Waals surface area (Å²) in [5.74, 6) is -1.45. The Morgan fingerprint density at radius 2 is 2.25 bits per heavy atom. The van der Waals surface area contributed by atoms with E-state index in [2.05, 4.69) is 0 Å². The largest absolute Gasteiger partial charge is 0.481 e. The number of carboxylic acids is 1. The van der Waals surface area contributed by atoms with Crippen LogP contribution >= 0.6 is 0 Å². The summed E-state index contributed by atoms with van der Waals surface area (Å²) in [6, 6.07) is 5.36. The van der Waals surface area contributed by atoms with Gasteiger partial charge in [0.1, 0.15) is 0 Å². The first-order valence-electron chi connectivity index (χ1n) is 4.90. The van der Waals surface area contributed by atoms with E-state index < -0.39 is 11.7 Å². The summed E-state index contributed by atoms with van der Waals surface area (Å²) in [5, 5.41) is 8.58. The third-order valence-corrected chi connectivity index (χ3v) is 2.37. The van der Waals surface area contributed by atoms with Gasteiger partial charge in [-0.3, -0.25) is 9.36 Å². The first kappa shape index (κ1) is 10.5. The number of fused-ring (bicyclic) bond motifs is 1. The molecule has 1 aromatic heterocycles. The molecular formula is C11H11NO4. The molecule has 0 unspecified atom stereocenters. The molecule has 2 rings (SSSR count). The Kier molecular flexibility index (Phi) is 2.52. The second-order valence-electron chi connectivity index (χ2n) is 3.63. The minimum Gasteiger partial charge on any atom is -0.481 e. The normalized spacial score (nSPS) is 10.8. The SMILES string of the molecule is Cc1ccc2oc(=O)n(CCC(=O)O)c2c1. The van der Waals surface area contributed by atoms with E-state index in [1.807, 2.05) is 19.1 Å². The van der Waals surface area contributed by atoms with Crippen LogP contribution in [0, 0.1) is 6.92 Å². The molecule has 0 amide bonds. The number of carbonyl (C=O) groups is 1. The van der Waals surface area contributed by atoms with Gasteiger partial charge in [0.05, 0.1) is 11.9 Å². The van der Waals surface area contributed by atoms with Crippen molar-refractivity contribution in [2.75, 3.05) is 0 Å². The zero-order chi connectivity index (χ0) is 11.7. The lowest BCUT2D eigenvalue weighted by Crippen LogP contribution is -2.16. The number of rotatable bonds is 3. The lowest BCUT2D eigenvalue weighted by molar-refractivity contribution is -0.137. The molecule has 2 aromatic rings. The second-order valence-corrected chi connectivity index (χ2v) is 3.63. The van der Waals surface area contributed by atoms with Crippen LogP contribution in [0.1, 0.15) is 12.0 Å². The molecule has 5 heteroatoms. The fourth-order valence-electron chi connectivity index (χ4n) is 1.59. The predicted molar refractivity (Wildman–Crippen MR) is 57.5 cm³/mol. The predicted octanol–water partition coefficient (Wildman–Crippen LogP) is 1.38. The Hall–Kier alpha value is -2.04. The molecule has 1 heterocycles. The number of hydrogen-bond donors (Lipinski definition) is 1. The summed E-state index contributed by atoms with van der Waals surface area (Å²) in [5.41, 5.74) is 2.13. The molecule has 0 saturated heterocycles. The highest BCUT2D eigenvalue weighted by Crippen LogP contribution is 2.14. The number of aromatic nitrogens is 1. The minimum absolute atomic E-state index is 0.0948. The average molecular weight is 221 g/mol. The molecule has 0 radical (unpaired) electrons. The topological polar surface area (TPSA) is 72.4 Å². The molecule has 0 aliphatic rings. The maximum Gasteiger partial charge on any atom is 0.419 e. The smallest absolute Gasteiger partial charge is 0.419 e. The molecular weight excluding hydrogens is 210 g/mol. The number of nitrogens with zero attached hydrogens (tertiary/aromatic N) is 1. The van der Waals surface area contributed by atoms with Gasteiger partial charge in [-0.25, -0.2) is 4.79 Å². The van der Waals surface area contributed by atoms with Crippen LogP contribution < -0.4 is 5.76 Å². The van der Waals surface area contributed by atoms with Gasteiger partial charge in [-0.1, -0.05) is 6.07 Å². The van der Waals surface area contributed by atoms with E-state index in [-0.39, 0.29) is 13.0 Å². The Labute approximate surface area is 90.9 Å². The number of aliphatic carboxylic acids is 1. The van der Waals surface area contributed by atoms with E-state index in [1.165, 1.54) is 4.57 Å². The standard InChI is InChI=1S/C11H11NO4/c1-7-2-3-9-8(6-7)12(11(15)16-9)5-4-10(13)14/h2-3,6H,4-5H2,1H3,(H,13,14). The number of hydrogen-bond acceptors (Lipinski definition) is 3. The van der Waals surface area contributed by atoms with Crippen LogP contribution in [0.25, 0.3) is 11.1 Å². The summed E-state index contributed by atoms with van der Waals surface area (Å²) >= 11 is 0. The van der Waals surface area contributed by atoms with Gasteiger partial charge in [0, 0.05) is 6.54 Å². The molecule has 1 aromatic carbocycles. The van der Waals surface area contributed by atoms with E-state index in [1.54, 1.807) is 6.07 Å². The Balaban J connectivity index is 2.50. The molecule has 16 heavy (non-hydrogen) atoms. The van der Waals surface area contributed by atoms with Gasteiger partial charge in [-0.15, -0.1) is 0 Å². The molecule has 0 aliphatic heterocycles. The number of benzene rings is 1.